The zero-order valence-corrected chi connectivity index (χ0v) is 11.7. The number of rotatable bonds is 5. The first-order chi connectivity index (χ1) is 8.00. The molecule has 2 unspecified atom stereocenters. The van der Waals surface area contributed by atoms with Crippen molar-refractivity contribution in [2.75, 3.05) is 6.54 Å². The van der Waals surface area contributed by atoms with Crippen LogP contribution in [0.15, 0.2) is 28.7 Å². The number of carbonyl (C=O) groups excluding carboxylic acids is 1. The quantitative estimate of drug-likeness (QED) is 0.877. The Balaban J connectivity index is 2.49. The second-order valence-electron chi connectivity index (χ2n) is 4.20. The van der Waals surface area contributed by atoms with Crippen LogP contribution in [-0.4, -0.2) is 23.7 Å². The predicted molar refractivity (Wildman–Crippen MR) is 71.9 cm³/mol. The Bertz CT molecular complexity index is 362. The van der Waals surface area contributed by atoms with Crippen LogP contribution in [0, 0.1) is 0 Å². The molecule has 0 saturated heterocycles. The van der Waals surface area contributed by atoms with Crippen molar-refractivity contribution in [1.82, 2.24) is 5.32 Å². The fraction of sp³-hybridized carbons (Fsp3) is 0.462. The van der Waals surface area contributed by atoms with E-state index in [9.17, 15) is 4.79 Å². The lowest BCUT2D eigenvalue weighted by Gasteiger charge is -2.13. The molecule has 1 amide bonds. The van der Waals surface area contributed by atoms with Gasteiger partial charge in [-0.1, -0.05) is 28.1 Å². The van der Waals surface area contributed by atoms with E-state index in [1.165, 1.54) is 0 Å². The first-order valence-corrected chi connectivity index (χ1v) is 6.51. The van der Waals surface area contributed by atoms with E-state index in [0.29, 0.717) is 13.0 Å². The van der Waals surface area contributed by atoms with Crippen molar-refractivity contribution in [2.24, 2.45) is 0 Å². The summed E-state index contributed by atoms with van der Waals surface area (Å²) in [5, 5.41) is 11.9. The Morgan fingerprint density at radius 2 is 1.94 bits per heavy atom. The largest absolute Gasteiger partial charge is 0.393 e. The third-order valence-electron chi connectivity index (χ3n) is 2.62. The maximum Gasteiger partial charge on any atom is 0.227 e. The zero-order chi connectivity index (χ0) is 12.8. The van der Waals surface area contributed by atoms with E-state index in [4.69, 9.17) is 5.11 Å². The number of hydrogen-bond donors (Lipinski definition) is 2. The van der Waals surface area contributed by atoms with E-state index in [2.05, 4.69) is 21.2 Å². The average molecular weight is 300 g/mol. The number of benzene rings is 1. The van der Waals surface area contributed by atoms with Crippen LogP contribution in [0.2, 0.25) is 0 Å². The lowest BCUT2D eigenvalue weighted by molar-refractivity contribution is -0.122. The molecule has 0 aliphatic carbocycles. The highest BCUT2D eigenvalue weighted by Crippen LogP contribution is 2.18. The summed E-state index contributed by atoms with van der Waals surface area (Å²) in [6, 6.07) is 7.72. The molecule has 0 aromatic heterocycles. The summed E-state index contributed by atoms with van der Waals surface area (Å²) in [5.74, 6) is -0.176. The monoisotopic (exact) mass is 299 g/mol. The number of halogens is 1. The van der Waals surface area contributed by atoms with Crippen LogP contribution in [0.4, 0.5) is 0 Å². The Morgan fingerprint density at radius 1 is 1.35 bits per heavy atom. The summed E-state index contributed by atoms with van der Waals surface area (Å²) in [6.45, 7) is 4.10. The third-order valence-corrected chi connectivity index (χ3v) is 3.15. The Kier molecular flexibility index (Phi) is 5.65. The molecule has 1 rings (SSSR count). The zero-order valence-electron chi connectivity index (χ0n) is 10.1. The fourth-order valence-corrected chi connectivity index (χ4v) is 1.72. The number of carbonyl (C=O) groups is 1. The van der Waals surface area contributed by atoms with Crippen molar-refractivity contribution in [3.8, 4) is 0 Å². The van der Waals surface area contributed by atoms with Gasteiger partial charge in [0.1, 0.15) is 0 Å². The molecule has 0 bridgehead atoms. The Labute approximate surface area is 110 Å². The van der Waals surface area contributed by atoms with Gasteiger partial charge in [0, 0.05) is 11.0 Å². The molecule has 0 heterocycles. The molecule has 0 fully saturated rings. The Hall–Kier alpha value is -0.870. The maximum absolute atomic E-state index is 11.8. The normalized spacial score (nSPS) is 14.1. The molecular weight excluding hydrogens is 282 g/mol. The molecule has 2 atom stereocenters. The van der Waals surface area contributed by atoms with E-state index in [-0.39, 0.29) is 17.9 Å². The molecule has 0 saturated carbocycles. The van der Waals surface area contributed by atoms with Crippen molar-refractivity contribution in [2.45, 2.75) is 32.3 Å². The minimum Gasteiger partial charge on any atom is -0.393 e. The summed E-state index contributed by atoms with van der Waals surface area (Å²) in [6.07, 6.45) is 0.206. The van der Waals surface area contributed by atoms with Crippen LogP contribution in [0.3, 0.4) is 0 Å². The number of nitrogens with one attached hydrogen (secondary N) is 1. The lowest BCUT2D eigenvalue weighted by Crippen LogP contribution is -2.30. The Morgan fingerprint density at radius 3 is 2.47 bits per heavy atom. The van der Waals surface area contributed by atoms with Crippen molar-refractivity contribution < 1.29 is 9.90 Å². The van der Waals surface area contributed by atoms with Gasteiger partial charge in [0.05, 0.1) is 12.0 Å². The molecule has 4 heteroatoms. The maximum atomic E-state index is 11.8. The standard InChI is InChI=1S/C13H18BrNO2/c1-9(16)7-8-15-13(17)10(2)11-3-5-12(14)6-4-11/h3-6,9-10,16H,7-8H2,1-2H3,(H,15,17). The highest BCUT2D eigenvalue weighted by Gasteiger charge is 2.14. The molecule has 3 nitrogen and oxygen atoms in total. The van der Waals surface area contributed by atoms with Gasteiger partial charge < -0.3 is 10.4 Å². The minimum atomic E-state index is -0.377. The van der Waals surface area contributed by atoms with E-state index in [1.54, 1.807) is 6.92 Å². The van der Waals surface area contributed by atoms with Gasteiger partial charge in [-0.25, -0.2) is 0 Å². The van der Waals surface area contributed by atoms with Crippen LogP contribution < -0.4 is 5.32 Å². The van der Waals surface area contributed by atoms with Crippen LogP contribution in [0.1, 0.15) is 31.7 Å². The molecule has 1 aromatic carbocycles. The predicted octanol–water partition coefficient (Wildman–Crippen LogP) is 2.44. The summed E-state index contributed by atoms with van der Waals surface area (Å²) in [4.78, 5) is 11.8. The first-order valence-electron chi connectivity index (χ1n) is 5.72. The highest BCUT2D eigenvalue weighted by molar-refractivity contribution is 9.10. The molecule has 2 N–H and O–H groups in total. The van der Waals surface area contributed by atoms with Gasteiger partial charge in [-0.2, -0.15) is 0 Å². The second-order valence-corrected chi connectivity index (χ2v) is 5.12. The third kappa shape index (κ3) is 4.88. The molecular formula is C13H18BrNO2. The van der Waals surface area contributed by atoms with Crippen molar-refractivity contribution in [1.29, 1.82) is 0 Å². The van der Waals surface area contributed by atoms with Crippen LogP contribution >= 0.6 is 15.9 Å². The number of aliphatic hydroxyl groups excluding tert-OH is 1. The molecule has 1 aromatic rings. The molecule has 0 radical (unpaired) electrons. The van der Waals surface area contributed by atoms with Gasteiger partial charge in [0.15, 0.2) is 0 Å². The van der Waals surface area contributed by atoms with E-state index in [0.717, 1.165) is 10.0 Å². The second kappa shape index (κ2) is 6.77. The van der Waals surface area contributed by atoms with Gasteiger partial charge in [0.2, 0.25) is 5.91 Å². The topological polar surface area (TPSA) is 49.3 Å². The average Bonchev–Trinajstić information content (AvgIpc) is 2.28. The smallest absolute Gasteiger partial charge is 0.227 e. The summed E-state index contributed by atoms with van der Waals surface area (Å²) in [7, 11) is 0. The molecule has 0 aliphatic rings. The first kappa shape index (κ1) is 14.2. The van der Waals surface area contributed by atoms with E-state index < -0.39 is 0 Å². The SMILES string of the molecule is CC(O)CCNC(=O)C(C)c1ccc(Br)cc1. The van der Waals surface area contributed by atoms with Crippen LogP contribution in [0.25, 0.3) is 0 Å². The summed E-state index contributed by atoms with van der Waals surface area (Å²) < 4.78 is 1.00. The summed E-state index contributed by atoms with van der Waals surface area (Å²) >= 11 is 3.36. The molecule has 94 valence electrons. The van der Waals surface area contributed by atoms with E-state index in [1.807, 2.05) is 31.2 Å². The van der Waals surface area contributed by atoms with Crippen molar-refractivity contribution in [3.63, 3.8) is 0 Å². The van der Waals surface area contributed by atoms with Gasteiger partial charge in [-0.05, 0) is 38.0 Å². The van der Waals surface area contributed by atoms with Crippen molar-refractivity contribution >= 4 is 21.8 Å². The number of amides is 1. The van der Waals surface area contributed by atoms with Gasteiger partial charge in [-0.3, -0.25) is 4.79 Å². The van der Waals surface area contributed by atoms with Gasteiger partial charge in [0.25, 0.3) is 0 Å². The van der Waals surface area contributed by atoms with Crippen LogP contribution in [0.5, 0.6) is 0 Å². The van der Waals surface area contributed by atoms with Gasteiger partial charge >= 0.3 is 0 Å². The molecule has 17 heavy (non-hydrogen) atoms. The summed E-state index contributed by atoms with van der Waals surface area (Å²) in [5.41, 5.74) is 0.989. The van der Waals surface area contributed by atoms with Crippen LogP contribution in [-0.2, 0) is 4.79 Å². The van der Waals surface area contributed by atoms with Crippen molar-refractivity contribution in [3.05, 3.63) is 34.3 Å². The molecule has 0 aliphatic heterocycles. The molecule has 0 spiro atoms. The number of aliphatic hydroxyl groups is 1. The lowest BCUT2D eigenvalue weighted by atomic mass is 10.0. The minimum absolute atomic E-state index is 0.00651. The highest BCUT2D eigenvalue weighted by atomic mass is 79.9. The number of hydrogen-bond acceptors (Lipinski definition) is 2. The van der Waals surface area contributed by atoms with E-state index >= 15 is 0 Å². The van der Waals surface area contributed by atoms with Gasteiger partial charge in [-0.15, -0.1) is 0 Å². The fourth-order valence-electron chi connectivity index (χ4n) is 1.46.